The Balaban J connectivity index is 1.72. The maximum atomic E-state index is 9.06. The van der Waals surface area contributed by atoms with Crippen molar-refractivity contribution in [2.24, 2.45) is 0 Å². The fourth-order valence-corrected chi connectivity index (χ4v) is 2.63. The number of nitrogens with zero attached hydrogens (tertiary/aromatic N) is 4. The lowest BCUT2D eigenvalue weighted by Gasteiger charge is -2.13. The summed E-state index contributed by atoms with van der Waals surface area (Å²) in [5.41, 5.74) is 5.53. The first-order chi connectivity index (χ1) is 12.1. The number of nitrogens with one attached hydrogen (secondary N) is 1. The van der Waals surface area contributed by atoms with E-state index >= 15 is 0 Å². The van der Waals surface area contributed by atoms with E-state index in [-0.39, 0.29) is 6.61 Å². The molecule has 3 aromatic rings. The highest BCUT2D eigenvalue weighted by Crippen LogP contribution is 2.22. The predicted octanol–water partition coefficient (Wildman–Crippen LogP) is 2.39. The monoisotopic (exact) mass is 339 g/mol. The second-order valence-electron chi connectivity index (χ2n) is 5.78. The standard InChI is InChI=1S/C18H21N5O2/c1-12-8-13(2)20-18(25-3)17(12)9-19-14-4-6-16(7-5-14)23-10-15(11-24)21-22-23/h4-8,10,19,24H,9,11H2,1-3H3. The number of aryl methyl sites for hydroxylation is 2. The summed E-state index contributed by atoms with van der Waals surface area (Å²) in [5.74, 6) is 0.653. The fraction of sp³-hybridized carbons (Fsp3) is 0.278. The summed E-state index contributed by atoms with van der Waals surface area (Å²) in [4.78, 5) is 4.43. The number of anilines is 1. The quantitative estimate of drug-likeness (QED) is 0.717. The van der Waals surface area contributed by atoms with E-state index in [9.17, 15) is 0 Å². The molecule has 7 heteroatoms. The number of aliphatic hydroxyl groups excluding tert-OH is 1. The van der Waals surface area contributed by atoms with Crippen LogP contribution < -0.4 is 10.1 Å². The average molecular weight is 339 g/mol. The van der Waals surface area contributed by atoms with E-state index in [2.05, 4.69) is 27.5 Å². The molecule has 0 unspecified atom stereocenters. The van der Waals surface area contributed by atoms with Gasteiger partial charge in [0.15, 0.2) is 0 Å². The molecule has 0 fully saturated rings. The van der Waals surface area contributed by atoms with Gasteiger partial charge in [-0.3, -0.25) is 0 Å². The van der Waals surface area contributed by atoms with Crippen LogP contribution in [0.5, 0.6) is 5.88 Å². The highest BCUT2D eigenvalue weighted by molar-refractivity contribution is 5.50. The number of methoxy groups -OCH3 is 1. The summed E-state index contributed by atoms with van der Waals surface area (Å²) in [6, 6.07) is 9.87. The molecule has 2 heterocycles. The Kier molecular flexibility index (Phi) is 4.95. The first-order valence-corrected chi connectivity index (χ1v) is 7.98. The lowest BCUT2D eigenvalue weighted by Crippen LogP contribution is -2.06. The van der Waals surface area contributed by atoms with Gasteiger partial charge in [-0.1, -0.05) is 5.21 Å². The fourth-order valence-electron chi connectivity index (χ4n) is 2.63. The molecule has 1 aromatic carbocycles. The molecule has 0 aliphatic heterocycles. The number of aromatic nitrogens is 4. The molecule has 7 nitrogen and oxygen atoms in total. The summed E-state index contributed by atoms with van der Waals surface area (Å²) >= 11 is 0. The van der Waals surface area contributed by atoms with E-state index in [1.165, 1.54) is 0 Å². The Morgan fingerprint density at radius 1 is 1.20 bits per heavy atom. The topological polar surface area (TPSA) is 85.1 Å². The lowest BCUT2D eigenvalue weighted by atomic mass is 10.1. The Labute approximate surface area is 146 Å². The van der Waals surface area contributed by atoms with Gasteiger partial charge < -0.3 is 15.2 Å². The Bertz CT molecular complexity index is 858. The Morgan fingerprint density at radius 3 is 2.60 bits per heavy atom. The number of benzene rings is 1. The second kappa shape index (κ2) is 7.31. The minimum atomic E-state index is -0.120. The number of hydrogen-bond donors (Lipinski definition) is 2. The van der Waals surface area contributed by atoms with Crippen molar-refractivity contribution in [3.8, 4) is 11.6 Å². The second-order valence-corrected chi connectivity index (χ2v) is 5.78. The average Bonchev–Trinajstić information content (AvgIpc) is 3.10. The molecule has 2 N–H and O–H groups in total. The van der Waals surface area contributed by atoms with Gasteiger partial charge in [-0.25, -0.2) is 9.67 Å². The Hall–Kier alpha value is -2.93. The van der Waals surface area contributed by atoms with Crippen molar-refractivity contribution >= 4 is 5.69 Å². The zero-order chi connectivity index (χ0) is 17.8. The highest BCUT2D eigenvalue weighted by Gasteiger charge is 2.09. The molecule has 3 rings (SSSR count). The first-order valence-electron chi connectivity index (χ1n) is 7.98. The van der Waals surface area contributed by atoms with Crippen LogP contribution in [-0.4, -0.2) is 32.2 Å². The summed E-state index contributed by atoms with van der Waals surface area (Å²) in [5, 5.41) is 20.3. The molecule has 0 radical (unpaired) electrons. The molecule has 0 aliphatic rings. The van der Waals surface area contributed by atoms with Crippen LogP contribution in [0.1, 0.15) is 22.5 Å². The van der Waals surface area contributed by atoms with E-state index < -0.39 is 0 Å². The van der Waals surface area contributed by atoms with Crippen LogP contribution in [0.25, 0.3) is 5.69 Å². The van der Waals surface area contributed by atoms with Gasteiger partial charge in [0.2, 0.25) is 5.88 Å². The van der Waals surface area contributed by atoms with E-state index in [0.717, 1.165) is 28.2 Å². The zero-order valence-corrected chi connectivity index (χ0v) is 14.5. The zero-order valence-electron chi connectivity index (χ0n) is 14.5. The van der Waals surface area contributed by atoms with Gasteiger partial charge in [0.1, 0.15) is 5.69 Å². The molecule has 0 aliphatic carbocycles. The van der Waals surface area contributed by atoms with Gasteiger partial charge in [-0.15, -0.1) is 5.10 Å². The molecule has 0 amide bonds. The van der Waals surface area contributed by atoms with E-state index in [4.69, 9.17) is 9.84 Å². The molecular formula is C18H21N5O2. The molecule has 0 bridgehead atoms. The van der Waals surface area contributed by atoms with Crippen LogP contribution >= 0.6 is 0 Å². The van der Waals surface area contributed by atoms with E-state index in [1.54, 1.807) is 18.0 Å². The number of pyridine rings is 1. The van der Waals surface area contributed by atoms with Crippen molar-refractivity contribution in [1.82, 2.24) is 20.0 Å². The number of ether oxygens (including phenoxy) is 1. The summed E-state index contributed by atoms with van der Waals surface area (Å²) in [6.45, 7) is 4.52. The minimum absolute atomic E-state index is 0.120. The normalized spacial score (nSPS) is 10.7. The van der Waals surface area contributed by atoms with Gasteiger partial charge in [0.25, 0.3) is 0 Å². The minimum Gasteiger partial charge on any atom is -0.481 e. The summed E-state index contributed by atoms with van der Waals surface area (Å²) in [6.07, 6.45) is 1.70. The molecular weight excluding hydrogens is 318 g/mol. The molecule has 130 valence electrons. The number of aliphatic hydroxyl groups is 1. The van der Waals surface area contributed by atoms with Crippen LogP contribution in [0.3, 0.4) is 0 Å². The van der Waals surface area contributed by atoms with Crippen molar-refractivity contribution in [3.05, 3.63) is 59.0 Å². The first kappa shape index (κ1) is 16.9. The third-order valence-corrected chi connectivity index (χ3v) is 3.93. The van der Waals surface area contributed by atoms with Gasteiger partial charge in [-0.05, 0) is 49.7 Å². The van der Waals surface area contributed by atoms with E-state index in [0.29, 0.717) is 18.1 Å². The van der Waals surface area contributed by atoms with Crippen molar-refractivity contribution in [2.75, 3.05) is 12.4 Å². The largest absolute Gasteiger partial charge is 0.481 e. The van der Waals surface area contributed by atoms with Crippen molar-refractivity contribution < 1.29 is 9.84 Å². The van der Waals surface area contributed by atoms with Crippen molar-refractivity contribution in [1.29, 1.82) is 0 Å². The molecule has 0 spiro atoms. The van der Waals surface area contributed by atoms with E-state index in [1.807, 2.05) is 37.3 Å². The smallest absolute Gasteiger partial charge is 0.218 e. The lowest BCUT2D eigenvalue weighted by molar-refractivity contribution is 0.276. The molecule has 25 heavy (non-hydrogen) atoms. The van der Waals surface area contributed by atoms with Crippen LogP contribution in [0.15, 0.2) is 36.5 Å². The maximum Gasteiger partial charge on any atom is 0.218 e. The predicted molar refractivity (Wildman–Crippen MR) is 94.9 cm³/mol. The SMILES string of the molecule is COc1nc(C)cc(C)c1CNc1ccc(-n2cc(CO)nn2)cc1. The van der Waals surface area contributed by atoms with Gasteiger partial charge in [-0.2, -0.15) is 0 Å². The third-order valence-electron chi connectivity index (χ3n) is 3.93. The van der Waals surface area contributed by atoms with Crippen LogP contribution in [-0.2, 0) is 13.2 Å². The van der Waals surface area contributed by atoms with Gasteiger partial charge >= 0.3 is 0 Å². The molecule has 0 saturated heterocycles. The number of rotatable bonds is 6. The van der Waals surface area contributed by atoms with Crippen molar-refractivity contribution in [3.63, 3.8) is 0 Å². The molecule has 2 aromatic heterocycles. The van der Waals surface area contributed by atoms with Crippen LogP contribution in [0.4, 0.5) is 5.69 Å². The van der Waals surface area contributed by atoms with Crippen molar-refractivity contribution in [2.45, 2.75) is 27.0 Å². The van der Waals surface area contributed by atoms with Gasteiger partial charge in [0.05, 0.1) is 25.6 Å². The third kappa shape index (κ3) is 3.77. The van der Waals surface area contributed by atoms with Gasteiger partial charge in [0, 0.05) is 23.5 Å². The maximum absolute atomic E-state index is 9.06. The Morgan fingerprint density at radius 2 is 1.96 bits per heavy atom. The number of hydrogen-bond acceptors (Lipinski definition) is 6. The summed E-state index contributed by atoms with van der Waals surface area (Å²) < 4.78 is 7.03. The highest BCUT2D eigenvalue weighted by atomic mass is 16.5. The molecule has 0 atom stereocenters. The van der Waals surface area contributed by atoms with Crippen LogP contribution in [0, 0.1) is 13.8 Å². The molecule has 0 saturated carbocycles. The summed E-state index contributed by atoms with van der Waals surface area (Å²) in [7, 11) is 1.64. The van der Waals surface area contributed by atoms with Crippen LogP contribution in [0.2, 0.25) is 0 Å².